The SMILES string of the molecule is O=C(Cc1cc(F)ccc1F)N1CCC(CO)C1. The Hall–Kier alpha value is -1.49. The van der Waals surface area contributed by atoms with Gasteiger partial charge in [0, 0.05) is 31.2 Å². The van der Waals surface area contributed by atoms with Gasteiger partial charge in [-0.05, 0) is 24.6 Å². The van der Waals surface area contributed by atoms with E-state index in [1.165, 1.54) is 0 Å². The second-order valence-electron chi connectivity index (χ2n) is 4.59. The molecule has 98 valence electrons. The van der Waals surface area contributed by atoms with Gasteiger partial charge in [-0.15, -0.1) is 0 Å². The number of halogens is 2. The highest BCUT2D eigenvalue weighted by atomic mass is 19.1. The van der Waals surface area contributed by atoms with Crippen molar-refractivity contribution in [3.63, 3.8) is 0 Å². The average Bonchev–Trinajstić information content (AvgIpc) is 2.82. The monoisotopic (exact) mass is 255 g/mol. The van der Waals surface area contributed by atoms with Gasteiger partial charge in [-0.1, -0.05) is 0 Å². The van der Waals surface area contributed by atoms with E-state index in [2.05, 4.69) is 0 Å². The van der Waals surface area contributed by atoms with Crippen molar-refractivity contribution in [3.8, 4) is 0 Å². The first-order valence-corrected chi connectivity index (χ1v) is 5.92. The molecule has 1 atom stereocenters. The molecule has 1 aromatic carbocycles. The summed E-state index contributed by atoms with van der Waals surface area (Å²) >= 11 is 0. The normalized spacial score (nSPS) is 19.3. The lowest BCUT2D eigenvalue weighted by atomic mass is 10.1. The van der Waals surface area contributed by atoms with Crippen molar-refractivity contribution in [1.82, 2.24) is 4.90 Å². The fourth-order valence-electron chi connectivity index (χ4n) is 2.16. The molecule has 0 aromatic heterocycles. The van der Waals surface area contributed by atoms with Gasteiger partial charge >= 0.3 is 0 Å². The zero-order chi connectivity index (χ0) is 13.1. The maximum absolute atomic E-state index is 13.4. The van der Waals surface area contributed by atoms with E-state index in [1.807, 2.05) is 0 Å². The molecule has 1 heterocycles. The third-order valence-electron chi connectivity index (χ3n) is 3.25. The first kappa shape index (κ1) is 13.0. The molecule has 1 amide bonds. The summed E-state index contributed by atoms with van der Waals surface area (Å²) in [4.78, 5) is 13.5. The summed E-state index contributed by atoms with van der Waals surface area (Å²) in [6.07, 6.45) is 0.621. The number of rotatable bonds is 3. The van der Waals surface area contributed by atoms with Gasteiger partial charge in [-0.3, -0.25) is 4.79 Å². The van der Waals surface area contributed by atoms with Gasteiger partial charge in [0.25, 0.3) is 0 Å². The Labute approximate surface area is 104 Å². The van der Waals surface area contributed by atoms with Crippen LogP contribution in [0.25, 0.3) is 0 Å². The third-order valence-corrected chi connectivity index (χ3v) is 3.25. The molecule has 1 saturated heterocycles. The smallest absolute Gasteiger partial charge is 0.227 e. The van der Waals surface area contributed by atoms with E-state index < -0.39 is 11.6 Å². The molecule has 1 aliphatic rings. The Morgan fingerprint density at radius 3 is 2.89 bits per heavy atom. The summed E-state index contributed by atoms with van der Waals surface area (Å²) < 4.78 is 26.3. The first-order valence-electron chi connectivity index (χ1n) is 5.92. The molecule has 1 fully saturated rings. The molecule has 1 aromatic rings. The Balaban J connectivity index is 2.01. The number of hydrogen-bond donors (Lipinski definition) is 1. The van der Waals surface area contributed by atoms with Crippen LogP contribution in [-0.4, -0.2) is 35.6 Å². The van der Waals surface area contributed by atoms with Gasteiger partial charge in [0.15, 0.2) is 0 Å². The highest BCUT2D eigenvalue weighted by Gasteiger charge is 2.26. The largest absolute Gasteiger partial charge is 0.396 e. The molecular formula is C13H15F2NO2. The van der Waals surface area contributed by atoms with Crippen LogP contribution >= 0.6 is 0 Å². The molecule has 0 bridgehead atoms. The minimum absolute atomic E-state index is 0.0537. The zero-order valence-electron chi connectivity index (χ0n) is 9.90. The number of aliphatic hydroxyl groups excluding tert-OH is 1. The van der Waals surface area contributed by atoms with Gasteiger partial charge in [0.1, 0.15) is 11.6 Å². The Morgan fingerprint density at radius 1 is 1.44 bits per heavy atom. The standard InChI is InChI=1S/C13H15F2NO2/c14-11-1-2-12(15)10(5-11)6-13(18)16-4-3-9(7-16)8-17/h1-2,5,9,17H,3-4,6-8H2. The van der Waals surface area contributed by atoms with Crippen LogP contribution < -0.4 is 0 Å². The van der Waals surface area contributed by atoms with Crippen LogP contribution in [0.2, 0.25) is 0 Å². The Morgan fingerprint density at radius 2 is 2.22 bits per heavy atom. The average molecular weight is 255 g/mol. The fraction of sp³-hybridized carbons (Fsp3) is 0.462. The third kappa shape index (κ3) is 2.85. The van der Waals surface area contributed by atoms with Crippen molar-refractivity contribution >= 4 is 5.91 Å². The Kier molecular flexibility index (Phi) is 3.91. The molecule has 1 N–H and O–H groups in total. The maximum atomic E-state index is 13.4. The van der Waals surface area contributed by atoms with Crippen molar-refractivity contribution in [1.29, 1.82) is 0 Å². The zero-order valence-corrected chi connectivity index (χ0v) is 9.90. The van der Waals surface area contributed by atoms with Crippen molar-refractivity contribution < 1.29 is 18.7 Å². The van der Waals surface area contributed by atoms with Crippen LogP contribution in [0.15, 0.2) is 18.2 Å². The van der Waals surface area contributed by atoms with Gasteiger partial charge in [-0.25, -0.2) is 8.78 Å². The predicted octanol–water partition coefficient (Wildman–Crippen LogP) is 1.35. The van der Waals surface area contributed by atoms with Gasteiger partial charge in [0.05, 0.1) is 6.42 Å². The molecule has 0 radical (unpaired) electrons. The van der Waals surface area contributed by atoms with Crippen LogP contribution in [0.1, 0.15) is 12.0 Å². The number of likely N-dealkylation sites (tertiary alicyclic amines) is 1. The topological polar surface area (TPSA) is 40.5 Å². The molecular weight excluding hydrogens is 240 g/mol. The maximum Gasteiger partial charge on any atom is 0.227 e. The molecule has 5 heteroatoms. The number of carbonyl (C=O) groups excluding carboxylic acids is 1. The lowest BCUT2D eigenvalue weighted by molar-refractivity contribution is -0.129. The predicted molar refractivity (Wildman–Crippen MR) is 61.8 cm³/mol. The molecule has 1 unspecified atom stereocenters. The number of amides is 1. The van der Waals surface area contributed by atoms with E-state index in [9.17, 15) is 13.6 Å². The summed E-state index contributed by atoms with van der Waals surface area (Å²) in [6, 6.07) is 3.10. The molecule has 2 rings (SSSR count). The molecule has 18 heavy (non-hydrogen) atoms. The first-order chi connectivity index (χ1) is 8.60. The number of aliphatic hydroxyl groups is 1. The highest BCUT2D eigenvalue weighted by Crippen LogP contribution is 2.18. The number of carbonyl (C=O) groups is 1. The van der Waals surface area contributed by atoms with E-state index in [1.54, 1.807) is 4.90 Å². The van der Waals surface area contributed by atoms with E-state index >= 15 is 0 Å². The van der Waals surface area contributed by atoms with E-state index in [-0.39, 0.29) is 30.4 Å². The summed E-state index contributed by atoms with van der Waals surface area (Å²) in [6.45, 7) is 1.12. The van der Waals surface area contributed by atoms with Gasteiger partial charge in [0.2, 0.25) is 5.91 Å². The van der Waals surface area contributed by atoms with Crippen LogP contribution in [-0.2, 0) is 11.2 Å². The van der Waals surface area contributed by atoms with Crippen LogP contribution in [0.4, 0.5) is 8.78 Å². The van der Waals surface area contributed by atoms with Gasteiger partial charge in [-0.2, -0.15) is 0 Å². The lowest BCUT2D eigenvalue weighted by Gasteiger charge is -2.16. The number of hydrogen-bond acceptors (Lipinski definition) is 2. The minimum Gasteiger partial charge on any atom is -0.396 e. The van der Waals surface area contributed by atoms with E-state index in [0.717, 1.165) is 24.6 Å². The van der Waals surface area contributed by atoms with Crippen molar-refractivity contribution in [2.24, 2.45) is 5.92 Å². The molecule has 3 nitrogen and oxygen atoms in total. The fourth-order valence-corrected chi connectivity index (χ4v) is 2.16. The van der Waals surface area contributed by atoms with Crippen LogP contribution in [0.5, 0.6) is 0 Å². The Bertz CT molecular complexity index is 451. The number of nitrogens with zero attached hydrogens (tertiary/aromatic N) is 1. The second kappa shape index (κ2) is 5.44. The quantitative estimate of drug-likeness (QED) is 0.885. The molecule has 0 aliphatic carbocycles. The molecule has 1 aliphatic heterocycles. The van der Waals surface area contributed by atoms with Crippen LogP contribution in [0.3, 0.4) is 0 Å². The molecule has 0 saturated carbocycles. The van der Waals surface area contributed by atoms with E-state index in [4.69, 9.17) is 5.11 Å². The highest BCUT2D eigenvalue weighted by molar-refractivity contribution is 5.79. The van der Waals surface area contributed by atoms with Crippen LogP contribution in [0, 0.1) is 17.6 Å². The van der Waals surface area contributed by atoms with Crippen molar-refractivity contribution in [2.45, 2.75) is 12.8 Å². The summed E-state index contributed by atoms with van der Waals surface area (Å²) in [5, 5.41) is 8.99. The number of benzene rings is 1. The van der Waals surface area contributed by atoms with Crippen molar-refractivity contribution in [3.05, 3.63) is 35.4 Å². The summed E-state index contributed by atoms with van der Waals surface area (Å²) in [5.41, 5.74) is 0.0763. The van der Waals surface area contributed by atoms with Gasteiger partial charge < -0.3 is 10.0 Å². The lowest BCUT2D eigenvalue weighted by Crippen LogP contribution is -2.30. The van der Waals surface area contributed by atoms with Crippen molar-refractivity contribution in [2.75, 3.05) is 19.7 Å². The summed E-state index contributed by atoms with van der Waals surface area (Å²) in [5.74, 6) is -1.24. The molecule has 0 spiro atoms. The van der Waals surface area contributed by atoms with E-state index in [0.29, 0.717) is 13.1 Å². The minimum atomic E-state index is -0.567. The summed E-state index contributed by atoms with van der Waals surface area (Å²) in [7, 11) is 0. The second-order valence-corrected chi connectivity index (χ2v) is 4.59.